The fourth-order valence-electron chi connectivity index (χ4n) is 4.05. The second-order valence-electron chi connectivity index (χ2n) is 7.12. The van der Waals surface area contributed by atoms with Gasteiger partial charge < -0.3 is 10.2 Å². The smallest absolute Gasteiger partial charge is 0.198 e. The van der Waals surface area contributed by atoms with E-state index in [0.717, 1.165) is 4.88 Å². The van der Waals surface area contributed by atoms with Gasteiger partial charge in [-0.25, -0.2) is 0 Å². The highest BCUT2D eigenvalue weighted by Gasteiger charge is 2.37. The van der Waals surface area contributed by atoms with E-state index in [0.29, 0.717) is 30.4 Å². The van der Waals surface area contributed by atoms with Gasteiger partial charge in [0.25, 0.3) is 0 Å². The molecule has 1 aliphatic carbocycles. The molecule has 0 saturated heterocycles. The van der Waals surface area contributed by atoms with Crippen molar-refractivity contribution in [3.05, 3.63) is 80.5 Å². The number of thiophene rings is 1. The van der Waals surface area contributed by atoms with Crippen LogP contribution < -0.4 is 0 Å². The average Bonchev–Trinajstić information content (AvgIpc) is 3.29. The van der Waals surface area contributed by atoms with Gasteiger partial charge in [-0.05, 0) is 17.5 Å². The van der Waals surface area contributed by atoms with Gasteiger partial charge in [-0.2, -0.15) is 0 Å². The number of phenolic OH excluding ortho intramolecular Hbond substituents is 2. The molecule has 0 bridgehead atoms. The maximum atomic E-state index is 13.2. The number of alkyl halides is 2. The second kappa shape index (κ2) is 9.01. The fourth-order valence-corrected chi connectivity index (χ4v) is 5.36. The van der Waals surface area contributed by atoms with Gasteiger partial charge in [0, 0.05) is 46.4 Å². The molecule has 31 heavy (non-hydrogen) atoms. The highest BCUT2D eigenvalue weighted by Crippen LogP contribution is 2.45. The first-order chi connectivity index (χ1) is 15.0. The van der Waals surface area contributed by atoms with Crippen LogP contribution in [0.1, 0.15) is 48.3 Å². The van der Waals surface area contributed by atoms with Gasteiger partial charge in [0.15, 0.2) is 11.6 Å². The van der Waals surface area contributed by atoms with E-state index in [4.69, 9.17) is 23.2 Å². The maximum absolute atomic E-state index is 13.2. The summed E-state index contributed by atoms with van der Waals surface area (Å²) in [5, 5.41) is 24.0. The quantitative estimate of drug-likeness (QED) is 0.296. The molecule has 2 N–H and O–H groups in total. The Labute approximate surface area is 193 Å². The van der Waals surface area contributed by atoms with Crippen molar-refractivity contribution in [2.45, 2.75) is 6.04 Å². The predicted molar refractivity (Wildman–Crippen MR) is 122 cm³/mol. The van der Waals surface area contributed by atoms with Crippen LogP contribution in [0.25, 0.3) is 0 Å². The average molecular weight is 476 g/mol. The summed E-state index contributed by atoms with van der Waals surface area (Å²) in [5.41, 5.74) is 0.406. The number of phenols is 2. The summed E-state index contributed by atoms with van der Waals surface area (Å²) in [4.78, 5) is 29.1. The molecule has 0 spiro atoms. The standard InChI is InChI=1S/C23H19Cl2NO4S/c24-7-9-26(10-8-25)20(17-6-3-11-31-17)15-12-16(27)18-19(23(15)30)22(29)14-5-2-1-4-13(14)21(18)28/h1-6,11-12,20,27,30H,7-10H2. The van der Waals surface area contributed by atoms with Crippen molar-refractivity contribution in [2.24, 2.45) is 0 Å². The monoisotopic (exact) mass is 475 g/mol. The number of halogens is 2. The third-order valence-electron chi connectivity index (χ3n) is 5.39. The van der Waals surface area contributed by atoms with Crippen molar-refractivity contribution in [3.63, 3.8) is 0 Å². The first-order valence-corrected chi connectivity index (χ1v) is 11.6. The molecule has 2 aromatic carbocycles. The summed E-state index contributed by atoms with van der Waals surface area (Å²) in [6.45, 7) is 0.952. The van der Waals surface area contributed by atoms with E-state index >= 15 is 0 Å². The Bertz CT molecular complexity index is 1140. The Morgan fingerprint density at radius 3 is 2.06 bits per heavy atom. The maximum Gasteiger partial charge on any atom is 0.198 e. The molecule has 5 nitrogen and oxygen atoms in total. The van der Waals surface area contributed by atoms with Crippen LogP contribution in [0.3, 0.4) is 0 Å². The highest BCUT2D eigenvalue weighted by molar-refractivity contribution is 7.10. The zero-order chi connectivity index (χ0) is 22.1. The molecule has 0 fully saturated rings. The second-order valence-corrected chi connectivity index (χ2v) is 8.85. The lowest BCUT2D eigenvalue weighted by Crippen LogP contribution is -2.33. The van der Waals surface area contributed by atoms with Crippen molar-refractivity contribution in [1.29, 1.82) is 0 Å². The number of carbonyl (C=O) groups excluding carboxylic acids is 2. The Kier molecular flexibility index (Phi) is 6.34. The van der Waals surface area contributed by atoms with Crippen molar-refractivity contribution in [3.8, 4) is 11.5 Å². The fraction of sp³-hybridized carbons (Fsp3) is 0.217. The first-order valence-electron chi connectivity index (χ1n) is 9.66. The van der Waals surface area contributed by atoms with E-state index in [1.54, 1.807) is 24.3 Å². The van der Waals surface area contributed by atoms with Crippen LogP contribution in [-0.4, -0.2) is 51.5 Å². The van der Waals surface area contributed by atoms with Crippen LogP contribution in [0.15, 0.2) is 47.8 Å². The molecule has 0 radical (unpaired) electrons. The lowest BCUT2D eigenvalue weighted by molar-refractivity contribution is 0.0973. The van der Waals surface area contributed by atoms with E-state index in [1.165, 1.54) is 17.4 Å². The van der Waals surface area contributed by atoms with Gasteiger partial charge in [-0.15, -0.1) is 34.5 Å². The molecular weight excluding hydrogens is 457 g/mol. The van der Waals surface area contributed by atoms with Gasteiger partial charge in [-0.3, -0.25) is 14.5 Å². The minimum Gasteiger partial charge on any atom is -0.507 e. The number of nitrogens with zero attached hydrogens (tertiary/aromatic N) is 1. The van der Waals surface area contributed by atoms with Crippen LogP contribution in [-0.2, 0) is 0 Å². The minimum atomic E-state index is -0.494. The van der Waals surface area contributed by atoms with E-state index in [9.17, 15) is 19.8 Å². The molecule has 0 amide bonds. The number of hydrogen-bond acceptors (Lipinski definition) is 6. The van der Waals surface area contributed by atoms with Crippen molar-refractivity contribution >= 4 is 46.1 Å². The van der Waals surface area contributed by atoms with Crippen LogP contribution in [0.5, 0.6) is 11.5 Å². The summed E-state index contributed by atoms with van der Waals surface area (Å²) in [6, 6.07) is 11.1. The Morgan fingerprint density at radius 1 is 0.903 bits per heavy atom. The molecule has 1 atom stereocenters. The van der Waals surface area contributed by atoms with E-state index in [-0.39, 0.29) is 33.8 Å². The SMILES string of the molecule is O=C1c2ccccc2C(=O)c2c(O)c(C(c3cccs3)N(CCCl)CCCl)cc(O)c21. The molecule has 160 valence electrons. The van der Waals surface area contributed by atoms with Crippen LogP contribution >= 0.6 is 34.5 Å². The summed E-state index contributed by atoms with van der Waals surface area (Å²) in [6.07, 6.45) is 0. The molecule has 3 aromatic rings. The molecule has 1 aromatic heterocycles. The predicted octanol–water partition coefficient (Wildman–Crippen LogP) is 4.80. The normalized spacial score (nSPS) is 13.9. The molecule has 1 aliphatic rings. The number of hydrogen-bond donors (Lipinski definition) is 2. The number of rotatable bonds is 7. The van der Waals surface area contributed by atoms with E-state index in [1.807, 2.05) is 22.4 Å². The van der Waals surface area contributed by atoms with Gasteiger partial charge in [-0.1, -0.05) is 30.3 Å². The molecule has 0 saturated carbocycles. The third-order valence-corrected chi connectivity index (χ3v) is 6.66. The first kappa shape index (κ1) is 21.8. The molecule has 1 unspecified atom stereocenters. The highest BCUT2D eigenvalue weighted by atomic mass is 35.5. The number of benzene rings is 2. The van der Waals surface area contributed by atoms with Crippen LogP contribution in [0.4, 0.5) is 0 Å². The molecule has 0 aliphatic heterocycles. The Hall–Kier alpha value is -2.38. The van der Waals surface area contributed by atoms with E-state index in [2.05, 4.69) is 0 Å². The summed E-state index contributed by atoms with van der Waals surface area (Å²) in [5.74, 6) is -0.966. The van der Waals surface area contributed by atoms with Crippen LogP contribution in [0, 0.1) is 0 Å². The molecule has 8 heteroatoms. The number of carbonyl (C=O) groups is 2. The number of ketones is 2. The summed E-state index contributed by atoms with van der Waals surface area (Å²) < 4.78 is 0. The van der Waals surface area contributed by atoms with Gasteiger partial charge in [0.05, 0.1) is 17.2 Å². The van der Waals surface area contributed by atoms with Crippen molar-refractivity contribution < 1.29 is 19.8 Å². The lowest BCUT2D eigenvalue weighted by atomic mass is 9.81. The minimum absolute atomic E-state index is 0.169. The Balaban J connectivity index is 1.94. The largest absolute Gasteiger partial charge is 0.507 e. The summed E-state index contributed by atoms with van der Waals surface area (Å²) in [7, 11) is 0. The lowest BCUT2D eigenvalue weighted by Gasteiger charge is -2.32. The summed E-state index contributed by atoms with van der Waals surface area (Å²) >= 11 is 13.5. The molecule has 4 rings (SSSR count). The zero-order valence-electron chi connectivity index (χ0n) is 16.3. The number of aromatic hydroxyl groups is 2. The Morgan fingerprint density at radius 2 is 1.52 bits per heavy atom. The molecular formula is C23H19Cl2NO4S. The van der Waals surface area contributed by atoms with Gasteiger partial charge in [0.2, 0.25) is 0 Å². The third kappa shape index (κ3) is 3.74. The van der Waals surface area contributed by atoms with Gasteiger partial charge in [0.1, 0.15) is 11.5 Å². The topological polar surface area (TPSA) is 77.8 Å². The van der Waals surface area contributed by atoms with Crippen molar-refractivity contribution in [1.82, 2.24) is 4.90 Å². The van der Waals surface area contributed by atoms with Crippen LogP contribution in [0.2, 0.25) is 0 Å². The number of fused-ring (bicyclic) bond motifs is 2. The molecule has 1 heterocycles. The zero-order valence-corrected chi connectivity index (χ0v) is 18.7. The van der Waals surface area contributed by atoms with Crippen molar-refractivity contribution in [2.75, 3.05) is 24.8 Å². The van der Waals surface area contributed by atoms with E-state index < -0.39 is 17.6 Å². The van der Waals surface area contributed by atoms with Gasteiger partial charge >= 0.3 is 0 Å².